The first-order valence-electron chi connectivity index (χ1n) is 6.62. The van der Waals surface area contributed by atoms with E-state index in [1.807, 2.05) is 12.1 Å². The van der Waals surface area contributed by atoms with E-state index in [1.165, 1.54) is 11.1 Å². The van der Waals surface area contributed by atoms with E-state index in [9.17, 15) is 9.90 Å². The minimum Gasteiger partial charge on any atom is -0.477 e. The van der Waals surface area contributed by atoms with Gasteiger partial charge < -0.3 is 10.4 Å². The summed E-state index contributed by atoms with van der Waals surface area (Å²) in [7, 11) is 1.74. The van der Waals surface area contributed by atoms with Gasteiger partial charge in [-0.3, -0.25) is 4.68 Å². The van der Waals surface area contributed by atoms with Gasteiger partial charge >= 0.3 is 5.97 Å². The van der Waals surface area contributed by atoms with E-state index in [0.717, 1.165) is 6.42 Å². The van der Waals surface area contributed by atoms with E-state index >= 15 is 0 Å². The number of aromatic carboxylic acids is 1. The largest absolute Gasteiger partial charge is 0.477 e. The highest BCUT2D eigenvalue weighted by Gasteiger charge is 2.19. The molecule has 0 spiro atoms. The number of nitrogens with zero attached hydrogens (tertiary/aromatic N) is 2. The fourth-order valence-corrected chi connectivity index (χ4v) is 2.37. The van der Waals surface area contributed by atoms with Crippen LogP contribution in [-0.4, -0.2) is 20.9 Å². The Morgan fingerprint density at radius 1 is 1.35 bits per heavy atom. The molecule has 1 heterocycles. The van der Waals surface area contributed by atoms with Crippen molar-refractivity contribution in [2.75, 3.05) is 5.32 Å². The van der Waals surface area contributed by atoms with Crippen molar-refractivity contribution in [3.8, 4) is 0 Å². The first kappa shape index (κ1) is 14.1. The van der Waals surface area contributed by atoms with Crippen LogP contribution < -0.4 is 5.32 Å². The van der Waals surface area contributed by atoms with Crippen LogP contribution in [0.25, 0.3) is 0 Å². The minimum atomic E-state index is -0.957. The van der Waals surface area contributed by atoms with Gasteiger partial charge in [-0.05, 0) is 24.5 Å². The van der Waals surface area contributed by atoms with Crippen molar-refractivity contribution in [1.29, 1.82) is 0 Å². The normalized spacial score (nSPS) is 10.6. The zero-order valence-electron chi connectivity index (χ0n) is 12.0. The maximum Gasteiger partial charge on any atom is 0.341 e. The quantitative estimate of drug-likeness (QED) is 0.878. The number of carbonyl (C=O) groups is 1. The molecular formula is C15H19N3O2. The second-order valence-electron chi connectivity index (χ2n) is 4.71. The zero-order valence-corrected chi connectivity index (χ0v) is 12.0. The summed E-state index contributed by atoms with van der Waals surface area (Å²) in [5.41, 5.74) is 3.19. The Morgan fingerprint density at radius 2 is 2.00 bits per heavy atom. The maximum absolute atomic E-state index is 11.3. The number of benzene rings is 1. The fourth-order valence-electron chi connectivity index (χ4n) is 2.37. The van der Waals surface area contributed by atoms with Gasteiger partial charge in [-0.1, -0.05) is 31.2 Å². The molecule has 5 heteroatoms. The Labute approximate surface area is 118 Å². The highest BCUT2D eigenvalue weighted by Crippen LogP contribution is 2.20. The smallest absolute Gasteiger partial charge is 0.341 e. The molecule has 2 rings (SSSR count). The van der Waals surface area contributed by atoms with E-state index < -0.39 is 5.97 Å². The number of carboxylic acid groups (broad SMARTS) is 1. The molecule has 0 aliphatic rings. The number of carboxylic acids is 1. The third-order valence-electron chi connectivity index (χ3n) is 3.38. The molecule has 1 aromatic carbocycles. The summed E-state index contributed by atoms with van der Waals surface area (Å²) in [6, 6.07) is 8.14. The van der Waals surface area contributed by atoms with Crippen LogP contribution >= 0.6 is 0 Å². The summed E-state index contributed by atoms with van der Waals surface area (Å²) < 4.78 is 1.58. The van der Waals surface area contributed by atoms with Gasteiger partial charge in [0.2, 0.25) is 0 Å². The number of aryl methyl sites for hydroxylation is 3. The third kappa shape index (κ3) is 2.66. The average Bonchev–Trinajstić information content (AvgIpc) is 2.71. The van der Waals surface area contributed by atoms with Crippen LogP contribution in [0.2, 0.25) is 0 Å². The van der Waals surface area contributed by atoms with Crippen LogP contribution in [0, 0.1) is 6.92 Å². The molecule has 1 aromatic heterocycles. The van der Waals surface area contributed by atoms with Gasteiger partial charge in [0.15, 0.2) is 0 Å². The lowest BCUT2D eigenvalue weighted by atomic mass is 10.1. The highest BCUT2D eigenvalue weighted by molar-refractivity contribution is 5.94. The number of aromatic nitrogens is 2. The van der Waals surface area contributed by atoms with E-state index in [1.54, 1.807) is 18.7 Å². The zero-order chi connectivity index (χ0) is 14.7. The van der Waals surface area contributed by atoms with Crippen molar-refractivity contribution in [3.63, 3.8) is 0 Å². The molecule has 0 fully saturated rings. The lowest BCUT2D eigenvalue weighted by molar-refractivity contribution is 0.0697. The molecule has 2 aromatic rings. The Kier molecular flexibility index (Phi) is 4.08. The van der Waals surface area contributed by atoms with Gasteiger partial charge in [0.05, 0.1) is 5.69 Å². The Hall–Kier alpha value is -2.30. The molecule has 0 aliphatic carbocycles. The standard InChI is InChI=1S/C15H19N3O2/c1-4-11-7-5-6-8-12(11)9-16-14-13(15(19)20)10(2)17-18(14)3/h5-8,16H,4,9H2,1-3H3,(H,19,20). The SMILES string of the molecule is CCc1ccccc1CNc1c(C(=O)O)c(C)nn1C. The number of rotatable bonds is 5. The van der Waals surface area contributed by atoms with E-state index in [0.29, 0.717) is 18.1 Å². The number of hydrogen-bond acceptors (Lipinski definition) is 3. The van der Waals surface area contributed by atoms with Gasteiger partial charge in [-0.2, -0.15) is 5.10 Å². The molecule has 0 unspecified atom stereocenters. The van der Waals surface area contributed by atoms with Gasteiger partial charge in [0, 0.05) is 13.6 Å². The third-order valence-corrected chi connectivity index (χ3v) is 3.38. The van der Waals surface area contributed by atoms with E-state index in [-0.39, 0.29) is 5.56 Å². The van der Waals surface area contributed by atoms with Gasteiger partial charge in [-0.25, -0.2) is 4.79 Å². The number of nitrogens with one attached hydrogen (secondary N) is 1. The van der Waals surface area contributed by atoms with Crippen LogP contribution in [-0.2, 0) is 20.0 Å². The average molecular weight is 273 g/mol. The minimum absolute atomic E-state index is 0.237. The maximum atomic E-state index is 11.3. The summed E-state index contributed by atoms with van der Waals surface area (Å²) in [4.78, 5) is 11.3. The first-order chi connectivity index (χ1) is 9.54. The van der Waals surface area contributed by atoms with Crippen LogP contribution in [0.1, 0.15) is 34.1 Å². The summed E-state index contributed by atoms with van der Waals surface area (Å²) in [5, 5.41) is 16.6. The van der Waals surface area contributed by atoms with Crippen molar-refractivity contribution in [1.82, 2.24) is 9.78 Å². The van der Waals surface area contributed by atoms with Gasteiger partial charge in [0.1, 0.15) is 11.4 Å². The molecule has 0 saturated carbocycles. The topological polar surface area (TPSA) is 67.2 Å². The Morgan fingerprint density at radius 3 is 2.60 bits per heavy atom. The molecule has 0 radical (unpaired) electrons. The lowest BCUT2D eigenvalue weighted by Crippen LogP contribution is -2.10. The molecule has 0 bridgehead atoms. The predicted octanol–water partition coefficient (Wildman–Crippen LogP) is 2.60. The molecule has 20 heavy (non-hydrogen) atoms. The molecule has 0 aliphatic heterocycles. The number of anilines is 1. The van der Waals surface area contributed by atoms with E-state index in [4.69, 9.17) is 0 Å². The van der Waals surface area contributed by atoms with Crippen LogP contribution in [0.5, 0.6) is 0 Å². The second kappa shape index (κ2) is 5.77. The Balaban J connectivity index is 2.25. The molecule has 5 nitrogen and oxygen atoms in total. The van der Waals surface area contributed by atoms with Crippen molar-refractivity contribution in [2.45, 2.75) is 26.8 Å². The summed E-state index contributed by atoms with van der Waals surface area (Å²) >= 11 is 0. The van der Waals surface area contributed by atoms with Crippen molar-refractivity contribution in [2.24, 2.45) is 7.05 Å². The van der Waals surface area contributed by atoms with Crippen molar-refractivity contribution in [3.05, 3.63) is 46.6 Å². The van der Waals surface area contributed by atoms with Gasteiger partial charge in [0.25, 0.3) is 0 Å². The second-order valence-corrected chi connectivity index (χ2v) is 4.71. The molecule has 106 valence electrons. The predicted molar refractivity (Wildman–Crippen MR) is 78.1 cm³/mol. The first-order valence-corrected chi connectivity index (χ1v) is 6.62. The van der Waals surface area contributed by atoms with Gasteiger partial charge in [-0.15, -0.1) is 0 Å². The monoisotopic (exact) mass is 273 g/mol. The van der Waals surface area contributed by atoms with Crippen LogP contribution in [0.4, 0.5) is 5.82 Å². The summed E-state index contributed by atoms with van der Waals surface area (Å²) in [6.07, 6.45) is 0.952. The molecule has 2 N–H and O–H groups in total. The van der Waals surface area contributed by atoms with E-state index in [2.05, 4.69) is 29.5 Å². The summed E-state index contributed by atoms with van der Waals surface area (Å²) in [5.74, 6) is -0.414. The van der Waals surface area contributed by atoms with Crippen LogP contribution in [0.15, 0.2) is 24.3 Å². The Bertz CT molecular complexity index is 632. The molecule has 0 atom stereocenters. The lowest BCUT2D eigenvalue weighted by Gasteiger charge is -2.11. The molecule has 0 saturated heterocycles. The summed E-state index contributed by atoms with van der Waals surface area (Å²) in [6.45, 7) is 4.40. The fraction of sp³-hybridized carbons (Fsp3) is 0.333. The van der Waals surface area contributed by atoms with Crippen LogP contribution in [0.3, 0.4) is 0 Å². The van der Waals surface area contributed by atoms with Crippen molar-refractivity contribution < 1.29 is 9.90 Å². The van der Waals surface area contributed by atoms with Crippen molar-refractivity contribution >= 4 is 11.8 Å². The molecule has 0 amide bonds. The number of hydrogen-bond donors (Lipinski definition) is 2. The molecular weight excluding hydrogens is 254 g/mol. The highest BCUT2D eigenvalue weighted by atomic mass is 16.4.